The molecule has 0 saturated heterocycles. The van der Waals surface area contributed by atoms with E-state index in [0.717, 1.165) is 19.4 Å². The summed E-state index contributed by atoms with van der Waals surface area (Å²) in [5.74, 6) is 1.04. The maximum absolute atomic E-state index is 6.16. The number of ether oxygens (including phenoxy) is 1. The molecule has 1 aromatic heterocycles. The van der Waals surface area contributed by atoms with Gasteiger partial charge in [-0.05, 0) is 31.7 Å². The topological polar surface area (TPSA) is 37.7 Å². The average Bonchev–Trinajstić information content (AvgIpc) is 2.44. The van der Waals surface area contributed by atoms with Gasteiger partial charge in [0, 0.05) is 19.2 Å². The Balaban J connectivity index is 2.68. The number of hydrogen-bond acceptors (Lipinski definition) is 3. The molecule has 0 saturated carbocycles. The van der Waals surface area contributed by atoms with E-state index >= 15 is 0 Å². The molecule has 0 atom stereocenters. The van der Waals surface area contributed by atoms with Crippen molar-refractivity contribution in [3.8, 4) is 5.88 Å². The number of rotatable bonds is 8. The van der Waals surface area contributed by atoms with Gasteiger partial charge in [0.05, 0.1) is 18.6 Å². The molecule has 0 aliphatic heterocycles. The summed E-state index contributed by atoms with van der Waals surface area (Å²) < 4.78 is 5.58. The Kier molecular flexibility index (Phi) is 7.58. The summed E-state index contributed by atoms with van der Waals surface area (Å²) in [6.45, 7) is 7.86. The number of hydrogen-bond donors (Lipinski definition) is 0. The van der Waals surface area contributed by atoms with Crippen molar-refractivity contribution >= 4 is 37.1 Å². The van der Waals surface area contributed by atoms with E-state index in [1.54, 1.807) is 12.4 Å². The third kappa shape index (κ3) is 6.38. The van der Waals surface area contributed by atoms with Crippen LogP contribution in [0.15, 0.2) is 11.1 Å². The van der Waals surface area contributed by atoms with Crippen LogP contribution < -0.4 is 10.3 Å². The largest absolute Gasteiger partial charge is 0.477 e. The summed E-state index contributed by atoms with van der Waals surface area (Å²) in [5.41, 5.74) is 0.869. The summed E-state index contributed by atoms with van der Waals surface area (Å²) in [5, 5.41) is 0.431. The van der Waals surface area contributed by atoms with E-state index in [4.69, 9.17) is 24.2 Å². The minimum atomic E-state index is 0.319. The van der Waals surface area contributed by atoms with Crippen molar-refractivity contribution in [2.75, 3.05) is 20.2 Å². The summed E-state index contributed by atoms with van der Waals surface area (Å²) in [6.07, 6.45) is 3.78. The smallest absolute Gasteiger partial charge is 0.232 e. The zero-order valence-corrected chi connectivity index (χ0v) is 14.0. The molecule has 114 valence electrons. The lowest BCUT2D eigenvalue weighted by molar-refractivity contribution is 0.288. The minimum absolute atomic E-state index is 0.319. The van der Waals surface area contributed by atoms with Gasteiger partial charge < -0.3 is 9.64 Å². The molecule has 0 aromatic carbocycles. The number of aromatic nitrogens is 1. The first kappa shape index (κ1) is 17.8. The fraction of sp³-hybridized carbons (Fsp3) is 0.600. The number of nitrogens with zero attached hydrogens (tertiary/aromatic N) is 3. The number of aliphatic imine (C=N–C) groups is 1. The molecule has 0 unspecified atom stereocenters. The Labute approximate surface area is 134 Å². The van der Waals surface area contributed by atoms with Gasteiger partial charge in [0.25, 0.3) is 0 Å². The van der Waals surface area contributed by atoms with Gasteiger partial charge in [0.2, 0.25) is 5.88 Å². The first-order valence-corrected chi connectivity index (χ1v) is 7.65. The van der Waals surface area contributed by atoms with Crippen molar-refractivity contribution < 1.29 is 4.74 Å². The molecule has 6 heteroatoms. The van der Waals surface area contributed by atoms with Crippen LogP contribution in [0.4, 0.5) is 5.69 Å². The van der Waals surface area contributed by atoms with Crippen molar-refractivity contribution in [1.82, 2.24) is 9.88 Å². The Hall–Kier alpha value is -1.23. The number of halogens is 1. The first-order chi connectivity index (χ1) is 9.93. The summed E-state index contributed by atoms with van der Waals surface area (Å²) in [7, 11) is 7.82. The Morgan fingerprint density at radius 1 is 1.52 bits per heavy atom. The normalized spacial score (nSPS) is 11.3. The van der Waals surface area contributed by atoms with E-state index in [1.807, 2.05) is 18.9 Å². The molecule has 0 fully saturated rings. The van der Waals surface area contributed by atoms with Gasteiger partial charge in [0.15, 0.2) is 0 Å². The molecule has 0 spiro atoms. The van der Waals surface area contributed by atoms with Crippen molar-refractivity contribution in [2.24, 2.45) is 10.9 Å². The van der Waals surface area contributed by atoms with E-state index in [1.165, 1.54) is 0 Å². The molecular weight excluding hydrogens is 284 g/mol. The van der Waals surface area contributed by atoms with Crippen LogP contribution in [-0.2, 0) is 0 Å². The molecule has 1 aromatic rings. The first-order valence-electron chi connectivity index (χ1n) is 7.27. The van der Waals surface area contributed by atoms with E-state index in [0.29, 0.717) is 34.7 Å². The molecule has 0 aliphatic carbocycles. The van der Waals surface area contributed by atoms with Gasteiger partial charge in [-0.1, -0.05) is 25.4 Å². The molecule has 4 nitrogen and oxygen atoms in total. The van der Waals surface area contributed by atoms with Crippen LogP contribution >= 0.6 is 11.6 Å². The maximum Gasteiger partial charge on any atom is 0.232 e. The van der Waals surface area contributed by atoms with Crippen LogP contribution in [0.3, 0.4) is 0 Å². The van der Waals surface area contributed by atoms with Gasteiger partial charge in [-0.3, -0.25) is 0 Å². The third-order valence-corrected chi connectivity index (χ3v) is 3.28. The predicted octanol–water partition coefficient (Wildman–Crippen LogP) is 2.96. The van der Waals surface area contributed by atoms with E-state index < -0.39 is 0 Å². The minimum Gasteiger partial charge on any atom is -0.477 e. The van der Waals surface area contributed by atoms with E-state index in [9.17, 15) is 0 Å². The van der Waals surface area contributed by atoms with E-state index in [-0.39, 0.29) is 0 Å². The molecule has 0 amide bonds. The van der Waals surface area contributed by atoms with Crippen LogP contribution in [0.5, 0.6) is 5.88 Å². The molecule has 2 radical (unpaired) electrons. The zero-order chi connectivity index (χ0) is 15.8. The van der Waals surface area contributed by atoms with Crippen LogP contribution in [0.2, 0.25) is 5.02 Å². The Bertz CT molecular complexity index is 480. The molecular formula is C15H23BClN3O. The summed E-state index contributed by atoms with van der Waals surface area (Å²) in [4.78, 5) is 10.4. The SMILES string of the molecule is [B]c1nc(OCCCC(C)C)c(Cl)cc1N=CN(C)CC. The predicted molar refractivity (Wildman–Crippen MR) is 90.7 cm³/mol. The van der Waals surface area contributed by atoms with Crippen molar-refractivity contribution in [3.63, 3.8) is 0 Å². The second-order valence-electron chi connectivity index (χ2n) is 5.38. The van der Waals surface area contributed by atoms with Gasteiger partial charge in [0.1, 0.15) is 12.9 Å². The quantitative estimate of drug-likeness (QED) is 0.321. The molecule has 0 bridgehead atoms. The monoisotopic (exact) mass is 307 g/mol. The van der Waals surface area contributed by atoms with Crippen LogP contribution in [0.25, 0.3) is 0 Å². The van der Waals surface area contributed by atoms with Crippen molar-refractivity contribution in [3.05, 3.63) is 11.1 Å². The van der Waals surface area contributed by atoms with Crippen LogP contribution in [0, 0.1) is 5.92 Å². The van der Waals surface area contributed by atoms with Crippen LogP contribution in [0.1, 0.15) is 33.6 Å². The second-order valence-corrected chi connectivity index (χ2v) is 5.79. The van der Waals surface area contributed by atoms with Gasteiger partial charge in [-0.25, -0.2) is 9.98 Å². The second kappa shape index (κ2) is 8.93. The average molecular weight is 308 g/mol. The Morgan fingerprint density at radius 3 is 2.86 bits per heavy atom. The highest BCUT2D eigenvalue weighted by molar-refractivity contribution is 6.36. The maximum atomic E-state index is 6.16. The standard InChI is InChI=1S/C15H23BClN3O/c1-5-20(4)10-18-13-9-12(17)15(19-14(13)16)21-8-6-7-11(2)3/h9-11H,5-8H2,1-4H3. The summed E-state index contributed by atoms with van der Waals surface area (Å²) in [6, 6.07) is 1.68. The fourth-order valence-electron chi connectivity index (χ4n) is 1.58. The highest BCUT2D eigenvalue weighted by Crippen LogP contribution is 2.24. The highest BCUT2D eigenvalue weighted by atomic mass is 35.5. The number of pyridine rings is 1. The zero-order valence-electron chi connectivity index (χ0n) is 13.3. The van der Waals surface area contributed by atoms with Crippen molar-refractivity contribution in [1.29, 1.82) is 0 Å². The van der Waals surface area contributed by atoms with Gasteiger partial charge >= 0.3 is 0 Å². The molecule has 21 heavy (non-hydrogen) atoms. The lowest BCUT2D eigenvalue weighted by Crippen LogP contribution is -2.16. The summed E-state index contributed by atoms with van der Waals surface area (Å²) >= 11 is 6.16. The lowest BCUT2D eigenvalue weighted by atomic mass is 10.0. The van der Waals surface area contributed by atoms with Crippen LogP contribution in [-0.4, -0.2) is 44.3 Å². The molecule has 1 rings (SSSR count). The lowest BCUT2D eigenvalue weighted by Gasteiger charge is -2.11. The molecule has 1 heterocycles. The third-order valence-electron chi connectivity index (χ3n) is 3.01. The molecule has 0 N–H and O–H groups in total. The fourth-order valence-corrected chi connectivity index (χ4v) is 1.78. The van der Waals surface area contributed by atoms with Crippen molar-refractivity contribution in [2.45, 2.75) is 33.6 Å². The van der Waals surface area contributed by atoms with Gasteiger partial charge in [-0.2, -0.15) is 0 Å². The highest BCUT2D eigenvalue weighted by Gasteiger charge is 2.08. The van der Waals surface area contributed by atoms with E-state index in [2.05, 4.69) is 23.8 Å². The Morgan fingerprint density at radius 2 is 2.24 bits per heavy atom. The van der Waals surface area contributed by atoms with Gasteiger partial charge in [-0.15, -0.1) is 0 Å². The molecule has 0 aliphatic rings.